The Morgan fingerprint density at radius 2 is 0.917 bits per heavy atom. The van der Waals surface area contributed by atoms with E-state index in [9.17, 15) is 74.6 Å². The summed E-state index contributed by atoms with van der Waals surface area (Å²) in [5, 5.41) is 0. The van der Waals surface area contributed by atoms with Crippen LogP contribution in [0.2, 0.25) is 0 Å². The number of thioether (sulfide) groups is 1. The fourth-order valence-electron chi connectivity index (χ4n) is 2.12. The molecule has 0 N–H and O–H groups in total. The second-order valence-corrected chi connectivity index (χ2v) is 8.65. The third-order valence-corrected chi connectivity index (χ3v) is 5.35. The van der Waals surface area contributed by atoms with E-state index in [0.717, 1.165) is 0 Å². The molecular formula is C16H18F17NOS. The zero-order chi connectivity index (χ0) is 29.2. The van der Waals surface area contributed by atoms with Crippen molar-refractivity contribution in [1.29, 1.82) is 0 Å². The second kappa shape index (κ2) is 11.1. The molecule has 0 bridgehead atoms. The van der Waals surface area contributed by atoms with Crippen molar-refractivity contribution in [1.82, 2.24) is 4.90 Å². The normalized spacial score (nSPS) is 15.7. The lowest BCUT2D eigenvalue weighted by molar-refractivity contribution is -0.461. The molecular weight excluding hydrogens is 577 g/mol. The smallest absolute Gasteiger partial charge is 0.379 e. The van der Waals surface area contributed by atoms with Gasteiger partial charge in [0.05, 0.1) is 13.2 Å². The van der Waals surface area contributed by atoms with Gasteiger partial charge in [0.15, 0.2) is 0 Å². The van der Waals surface area contributed by atoms with E-state index >= 15 is 0 Å². The molecule has 0 rings (SSSR count). The predicted molar refractivity (Wildman–Crippen MR) is 92.0 cm³/mol. The van der Waals surface area contributed by atoms with Gasteiger partial charge in [0.1, 0.15) is 0 Å². The zero-order valence-electron chi connectivity index (χ0n) is 17.9. The Balaban J connectivity index is 5.74. The van der Waals surface area contributed by atoms with Gasteiger partial charge in [-0.1, -0.05) is 0 Å². The minimum absolute atomic E-state index is 0.120. The highest BCUT2D eigenvalue weighted by Gasteiger charge is 2.95. The van der Waals surface area contributed by atoms with Crippen LogP contribution in [0.15, 0.2) is 0 Å². The lowest BCUT2D eigenvalue weighted by Gasteiger charge is -2.42. The fourth-order valence-corrected chi connectivity index (χ4v) is 2.96. The van der Waals surface area contributed by atoms with Gasteiger partial charge in [-0.2, -0.15) is 86.4 Å². The summed E-state index contributed by atoms with van der Waals surface area (Å²) < 4.78 is 228. The third kappa shape index (κ3) is 6.20. The van der Waals surface area contributed by atoms with Gasteiger partial charge in [-0.25, -0.2) is 0 Å². The molecule has 0 spiro atoms. The average molecular weight is 595 g/mol. The highest BCUT2D eigenvalue weighted by atomic mass is 32.2. The summed E-state index contributed by atoms with van der Waals surface area (Å²) in [7, 11) is 3.30. The Morgan fingerprint density at radius 1 is 0.528 bits per heavy atom. The molecule has 0 atom stereocenters. The molecule has 0 amide bonds. The van der Waals surface area contributed by atoms with Gasteiger partial charge in [-0.05, 0) is 19.8 Å². The molecule has 0 saturated heterocycles. The SMILES string of the molecule is CN(C)CCOCCSCCC(F)(F)C(F)(F)C(F)(F)C(F)(F)C(F)(F)C(F)(F)C(F)(F)C(F)(F)F. The average Bonchev–Trinajstić information content (AvgIpc) is 2.67. The van der Waals surface area contributed by atoms with Crippen molar-refractivity contribution in [3.63, 3.8) is 0 Å². The van der Waals surface area contributed by atoms with E-state index in [0.29, 0.717) is 18.3 Å². The molecule has 0 aromatic carbocycles. The molecule has 0 saturated carbocycles. The Bertz CT molecular complexity index is 707. The molecule has 2 nitrogen and oxygen atoms in total. The second-order valence-electron chi connectivity index (χ2n) is 7.43. The lowest BCUT2D eigenvalue weighted by Crippen LogP contribution is -2.74. The number of nitrogens with zero attached hydrogens (tertiary/aromatic N) is 1. The van der Waals surface area contributed by atoms with Gasteiger partial charge in [-0.15, -0.1) is 0 Å². The van der Waals surface area contributed by atoms with Crippen molar-refractivity contribution in [2.45, 2.75) is 54.1 Å². The first-order valence-electron chi connectivity index (χ1n) is 9.18. The van der Waals surface area contributed by atoms with Crippen LogP contribution in [-0.4, -0.2) is 97.9 Å². The van der Waals surface area contributed by atoms with Crippen LogP contribution >= 0.6 is 11.8 Å². The monoisotopic (exact) mass is 595 g/mol. The fraction of sp³-hybridized carbons (Fsp3) is 1.00. The molecule has 36 heavy (non-hydrogen) atoms. The van der Waals surface area contributed by atoms with Crippen LogP contribution in [0.3, 0.4) is 0 Å². The summed E-state index contributed by atoms with van der Waals surface area (Å²) in [5.41, 5.74) is 0. The van der Waals surface area contributed by atoms with Crippen molar-refractivity contribution >= 4 is 11.8 Å². The number of rotatable bonds is 15. The third-order valence-electron chi connectivity index (χ3n) is 4.40. The maximum atomic E-state index is 13.7. The number of hydrogen-bond acceptors (Lipinski definition) is 3. The number of ether oxygens (including phenoxy) is 1. The molecule has 0 fully saturated rings. The van der Waals surface area contributed by atoms with Crippen molar-refractivity contribution in [3.05, 3.63) is 0 Å². The summed E-state index contributed by atoms with van der Waals surface area (Å²) in [5.74, 6) is -57.4. The van der Waals surface area contributed by atoms with E-state index < -0.39 is 59.8 Å². The molecule has 0 radical (unpaired) electrons. The molecule has 0 heterocycles. The van der Waals surface area contributed by atoms with Crippen LogP contribution in [0.1, 0.15) is 6.42 Å². The van der Waals surface area contributed by atoms with E-state index in [-0.39, 0.29) is 19.0 Å². The topological polar surface area (TPSA) is 12.5 Å². The van der Waals surface area contributed by atoms with Gasteiger partial charge >= 0.3 is 47.6 Å². The first kappa shape index (κ1) is 35.1. The highest BCUT2D eigenvalue weighted by molar-refractivity contribution is 7.99. The lowest BCUT2D eigenvalue weighted by atomic mass is 9.88. The van der Waals surface area contributed by atoms with E-state index in [2.05, 4.69) is 0 Å². The van der Waals surface area contributed by atoms with Crippen molar-refractivity contribution in [3.8, 4) is 0 Å². The van der Waals surface area contributed by atoms with Crippen LogP contribution in [0.5, 0.6) is 0 Å². The molecule has 0 aromatic rings. The molecule has 0 aromatic heterocycles. The maximum Gasteiger partial charge on any atom is 0.460 e. The quantitative estimate of drug-likeness (QED) is 0.155. The van der Waals surface area contributed by atoms with Crippen LogP contribution in [0, 0.1) is 0 Å². The molecule has 0 aliphatic heterocycles. The summed E-state index contributed by atoms with van der Waals surface area (Å²) in [6.45, 7) is 0.329. The van der Waals surface area contributed by atoms with Gasteiger partial charge < -0.3 is 9.64 Å². The largest absolute Gasteiger partial charge is 0.460 e. The minimum atomic E-state index is -8.60. The number of alkyl halides is 17. The molecule has 0 aliphatic carbocycles. The van der Waals surface area contributed by atoms with Gasteiger partial charge in [0.2, 0.25) is 0 Å². The number of hydrogen-bond donors (Lipinski definition) is 0. The number of halogens is 17. The van der Waals surface area contributed by atoms with Crippen LogP contribution in [0.25, 0.3) is 0 Å². The van der Waals surface area contributed by atoms with E-state index in [4.69, 9.17) is 4.74 Å². The molecule has 0 unspecified atom stereocenters. The van der Waals surface area contributed by atoms with Gasteiger partial charge in [0.25, 0.3) is 0 Å². The Kier molecular flexibility index (Phi) is 10.8. The minimum Gasteiger partial charge on any atom is -0.379 e. The molecule has 218 valence electrons. The summed E-state index contributed by atoms with van der Waals surface area (Å²) in [6.07, 6.45) is -10.2. The summed E-state index contributed by atoms with van der Waals surface area (Å²) >= 11 is 0.312. The highest BCUT2D eigenvalue weighted by Crippen LogP contribution is 2.64. The van der Waals surface area contributed by atoms with Crippen LogP contribution in [-0.2, 0) is 4.74 Å². The van der Waals surface area contributed by atoms with E-state index in [1.807, 2.05) is 0 Å². The van der Waals surface area contributed by atoms with Gasteiger partial charge in [-0.3, -0.25) is 0 Å². The Labute approximate surface area is 196 Å². The Morgan fingerprint density at radius 3 is 1.31 bits per heavy atom. The molecule has 0 aliphatic rings. The molecule has 20 heteroatoms. The van der Waals surface area contributed by atoms with Crippen molar-refractivity contribution in [2.75, 3.05) is 45.4 Å². The van der Waals surface area contributed by atoms with Crippen LogP contribution in [0.4, 0.5) is 74.6 Å². The number of likely N-dealkylation sites (N-methyl/N-ethyl adjacent to an activating group) is 1. The van der Waals surface area contributed by atoms with E-state index in [1.165, 1.54) is 0 Å². The van der Waals surface area contributed by atoms with Crippen LogP contribution < -0.4 is 0 Å². The Hall–Kier alpha value is -0.920. The first-order chi connectivity index (χ1) is 15.7. The van der Waals surface area contributed by atoms with E-state index in [1.54, 1.807) is 19.0 Å². The maximum absolute atomic E-state index is 13.7. The first-order valence-corrected chi connectivity index (χ1v) is 10.3. The van der Waals surface area contributed by atoms with Crippen molar-refractivity contribution < 1.29 is 79.4 Å². The zero-order valence-corrected chi connectivity index (χ0v) is 18.7. The summed E-state index contributed by atoms with van der Waals surface area (Å²) in [6, 6.07) is 0. The standard InChI is InChI=1S/C16H18F17NOS/c1-34(2)4-5-35-6-8-36-7-3-9(17,18)10(19,20)11(21,22)12(23,24)13(25,26)14(27,28)15(29,30)16(31,32)33/h3-8H2,1-2H3. The summed E-state index contributed by atoms with van der Waals surface area (Å²) in [4.78, 5) is 1.66. The van der Waals surface area contributed by atoms with Crippen molar-refractivity contribution in [2.24, 2.45) is 0 Å². The van der Waals surface area contributed by atoms with Gasteiger partial charge in [0, 0.05) is 18.7 Å². The predicted octanol–water partition coefficient (Wildman–Crippen LogP) is 6.70.